The van der Waals surface area contributed by atoms with Crippen molar-refractivity contribution in [1.82, 2.24) is 9.13 Å². The maximum absolute atomic E-state index is 20.1. The first kappa shape index (κ1) is 53.8. The Kier molecular flexibility index (Phi) is 15.3. The van der Waals surface area contributed by atoms with E-state index in [1.165, 1.54) is 48.6 Å². The van der Waals surface area contributed by atoms with Gasteiger partial charge in [0.15, 0.2) is 0 Å². The first-order valence-electron chi connectivity index (χ1n) is 25.7. The van der Waals surface area contributed by atoms with Gasteiger partial charge in [0.05, 0.1) is 0 Å². The molecular weight excluding hydrogens is 893 g/mol. The Morgan fingerprint density at radius 3 is 0.800 bits per heavy atom. The Morgan fingerprint density at radius 2 is 0.586 bits per heavy atom. The molecule has 7 aromatic rings. The SMILES string of the molecule is CC(C)c1cccc(C(C)C)c1-n1cc[n+](-c2c(C(C)C)cccc2C(C)C)c1[Si-2](F)(F)(F)(F)c1n(-c2c(C(C)C)cccc2C(C)C)cc[n+]1-c1c(C(C)C)cccc1C(C)C.Cc1ccccc1. The van der Waals surface area contributed by atoms with Gasteiger partial charge < -0.3 is 0 Å². The average molecular weight is 973 g/mol. The molecule has 7 rings (SSSR count). The van der Waals surface area contributed by atoms with Crippen molar-refractivity contribution in [3.05, 3.63) is 178 Å². The van der Waals surface area contributed by atoms with Gasteiger partial charge in [0.2, 0.25) is 0 Å². The molecule has 0 bridgehead atoms. The van der Waals surface area contributed by atoms with Crippen molar-refractivity contribution in [1.29, 1.82) is 0 Å². The van der Waals surface area contributed by atoms with Crippen molar-refractivity contribution in [2.75, 3.05) is 0 Å². The maximum atomic E-state index is 20.1. The van der Waals surface area contributed by atoms with Gasteiger partial charge >= 0.3 is 377 Å². The zero-order chi connectivity index (χ0) is 51.8. The first-order chi connectivity index (χ1) is 32.6. The number of imidazole rings is 2. The second kappa shape index (κ2) is 19.9. The number of halogens is 4. The zero-order valence-corrected chi connectivity index (χ0v) is 46.0. The van der Waals surface area contributed by atoms with Crippen LogP contribution >= 0.6 is 0 Å². The number of benzene rings is 5. The van der Waals surface area contributed by atoms with Gasteiger partial charge in [0.25, 0.3) is 0 Å². The molecule has 4 nitrogen and oxygen atoms in total. The molecule has 9 heteroatoms. The van der Waals surface area contributed by atoms with Gasteiger partial charge in [-0.3, -0.25) is 0 Å². The van der Waals surface area contributed by atoms with Gasteiger partial charge in [-0.2, -0.15) is 0 Å². The number of para-hydroxylation sites is 4. The molecule has 0 saturated carbocycles. The Morgan fingerprint density at radius 1 is 0.343 bits per heavy atom. The minimum absolute atomic E-state index is 0.160. The van der Waals surface area contributed by atoms with Crippen molar-refractivity contribution in [2.45, 2.75) is 165 Å². The van der Waals surface area contributed by atoms with E-state index in [-0.39, 0.29) is 47.3 Å². The summed E-state index contributed by atoms with van der Waals surface area (Å²) in [5.74, 6) is -1.28. The Hall–Kier alpha value is -5.54. The fourth-order valence-corrected chi connectivity index (χ4v) is 13.2. The second-order valence-electron chi connectivity index (χ2n) is 22.1. The van der Waals surface area contributed by atoms with E-state index in [1.54, 1.807) is 0 Å². The molecule has 0 spiro atoms. The summed E-state index contributed by atoms with van der Waals surface area (Å²) < 4.78 is 85.2. The van der Waals surface area contributed by atoms with Gasteiger partial charge in [-0.1, -0.05) is 35.9 Å². The van der Waals surface area contributed by atoms with Crippen LogP contribution in [0.4, 0.5) is 16.4 Å². The molecule has 0 fully saturated rings. The predicted octanol–water partition coefficient (Wildman–Crippen LogP) is 16.1. The number of aromatic nitrogens is 4. The van der Waals surface area contributed by atoms with Crippen molar-refractivity contribution in [3.8, 4) is 22.7 Å². The van der Waals surface area contributed by atoms with Crippen LogP contribution < -0.4 is 20.0 Å². The topological polar surface area (TPSA) is 17.6 Å². The van der Waals surface area contributed by atoms with Crippen LogP contribution in [0.25, 0.3) is 22.7 Å². The Bertz CT molecular complexity index is 2510. The number of hydrogen-bond donors (Lipinski definition) is 0. The Balaban J connectivity index is 0.00000105. The number of rotatable bonds is 14. The van der Waals surface area contributed by atoms with Gasteiger partial charge in [-0.15, -0.1) is 0 Å². The molecule has 0 aliphatic heterocycles. The first-order valence-corrected chi connectivity index (χ1v) is 28.2. The molecule has 5 aromatic carbocycles. The van der Waals surface area contributed by atoms with E-state index in [0.29, 0.717) is 67.3 Å². The smallest absolute Gasteiger partial charge is 0.0398 e. The standard InChI is InChI=1S/C54H72F4N4Si.C7H8/c1-33(2)41-21-17-22-42(34(3)4)49(41)59-29-30-60(50-43(35(5)6)23-18-24-44(50)36(7)8)53(59)63(55,56,57,58)54-61(51-45(37(9)10)25-19-26-46(51)38(11)12)31-32-62(54)52-47(39(13)14)27-20-28-48(52)40(15)16;1-7-5-3-2-4-6-7/h17-40H,1-16H3;2-6H,1H3. The Labute approximate surface area is 417 Å². The molecule has 2 aromatic heterocycles. The van der Waals surface area contributed by atoms with Crippen LogP contribution in [-0.2, 0) is 0 Å². The van der Waals surface area contributed by atoms with E-state index in [2.05, 4.69) is 19.1 Å². The van der Waals surface area contributed by atoms with Crippen molar-refractivity contribution in [2.24, 2.45) is 0 Å². The van der Waals surface area contributed by atoms with Gasteiger partial charge in [-0.05, 0) is 6.92 Å². The van der Waals surface area contributed by atoms with E-state index >= 15 is 16.4 Å². The van der Waals surface area contributed by atoms with E-state index in [0.717, 1.165) is 0 Å². The van der Waals surface area contributed by atoms with E-state index in [1.807, 2.05) is 202 Å². The predicted molar refractivity (Wildman–Crippen MR) is 288 cm³/mol. The number of aryl methyl sites for hydroxylation is 1. The molecule has 0 saturated heterocycles. The summed E-state index contributed by atoms with van der Waals surface area (Å²) in [4.78, 5) is 0. The fraction of sp³-hybridized carbons (Fsp3) is 0.410. The average Bonchev–Trinajstić information content (AvgIpc) is 3.96. The molecule has 2 heterocycles. The minimum Gasteiger partial charge on any atom is -0.0622 e. The summed E-state index contributed by atoms with van der Waals surface area (Å²) in [6.45, 7) is 33.9. The summed E-state index contributed by atoms with van der Waals surface area (Å²) in [5, 5.41) is 0. The van der Waals surface area contributed by atoms with Crippen molar-refractivity contribution in [3.63, 3.8) is 0 Å². The second-order valence-corrected chi connectivity index (χ2v) is 25.6. The van der Waals surface area contributed by atoms with Crippen LogP contribution in [0.15, 0.2) is 128 Å². The molecule has 70 heavy (non-hydrogen) atoms. The third-order valence-corrected chi connectivity index (χ3v) is 16.6. The summed E-state index contributed by atoms with van der Waals surface area (Å²) in [6.07, 6.45) is 5.88. The number of hydrogen-bond acceptors (Lipinski definition) is 0. The van der Waals surface area contributed by atoms with E-state index < -0.39 is 18.9 Å². The minimum atomic E-state index is -10.6. The third kappa shape index (κ3) is 10.1. The third-order valence-electron chi connectivity index (χ3n) is 13.8. The molecule has 0 amide bonds. The van der Waals surface area contributed by atoms with Crippen LogP contribution in [0.3, 0.4) is 0 Å². The quantitative estimate of drug-likeness (QED) is 0.0447. The fourth-order valence-electron chi connectivity index (χ4n) is 10.3. The van der Waals surface area contributed by atoms with Crippen LogP contribution in [0.2, 0.25) is 0 Å². The molecular formula is C61H80F4N4Si. The molecule has 0 atom stereocenters. The van der Waals surface area contributed by atoms with Crippen molar-refractivity contribution < 1.29 is 25.6 Å². The zero-order valence-electron chi connectivity index (χ0n) is 45.0. The van der Waals surface area contributed by atoms with E-state index in [4.69, 9.17) is 0 Å². The van der Waals surface area contributed by atoms with Gasteiger partial charge in [0.1, 0.15) is 0 Å². The summed E-state index contributed by atoms with van der Waals surface area (Å²) in [7, 11) is -10.6. The van der Waals surface area contributed by atoms with Crippen molar-refractivity contribution >= 4 is 18.9 Å². The molecule has 0 unspecified atom stereocenters. The monoisotopic (exact) mass is 973 g/mol. The van der Waals surface area contributed by atoms with E-state index in [9.17, 15) is 0 Å². The van der Waals surface area contributed by atoms with Crippen LogP contribution in [0, 0.1) is 6.92 Å². The number of nitrogens with zero attached hydrogens (tertiary/aromatic N) is 4. The maximum Gasteiger partial charge on any atom is -0.0398 e. The van der Waals surface area contributed by atoms with Crippen LogP contribution in [0.5, 0.6) is 0 Å². The summed E-state index contributed by atoms with van der Waals surface area (Å²) in [5.41, 5.74) is 5.94. The van der Waals surface area contributed by atoms with Gasteiger partial charge in [0, 0.05) is 0 Å². The van der Waals surface area contributed by atoms with Crippen LogP contribution in [-0.4, -0.2) is 17.1 Å². The largest absolute Gasteiger partial charge is 0.0622 e. The van der Waals surface area contributed by atoms with Gasteiger partial charge in [-0.25, -0.2) is 0 Å². The molecule has 0 aliphatic carbocycles. The van der Waals surface area contributed by atoms with Crippen LogP contribution in [0.1, 0.15) is 208 Å². The molecule has 0 N–H and O–H groups in total. The summed E-state index contributed by atoms with van der Waals surface area (Å²) in [6, 6.07) is 33.0. The normalized spacial score (nSPS) is 13.3. The molecule has 0 aliphatic rings. The summed E-state index contributed by atoms with van der Waals surface area (Å²) >= 11 is 0. The molecule has 0 radical (unpaired) electrons. The molecule has 376 valence electrons.